The Labute approximate surface area is 137 Å². The van der Waals surface area contributed by atoms with Gasteiger partial charge in [-0.15, -0.1) is 0 Å². The molecule has 0 aliphatic carbocycles. The minimum absolute atomic E-state index is 0.196. The molecule has 6 heteroatoms. The second-order valence-corrected chi connectivity index (χ2v) is 7.14. The molecule has 2 aromatic rings. The van der Waals surface area contributed by atoms with E-state index in [1.165, 1.54) is 0 Å². The molecular weight excluding hydrogens is 312 g/mol. The number of pyridine rings is 1. The van der Waals surface area contributed by atoms with Gasteiger partial charge in [0.2, 0.25) is 0 Å². The van der Waals surface area contributed by atoms with Crippen LogP contribution in [-0.4, -0.2) is 20.0 Å². The van der Waals surface area contributed by atoms with Crippen LogP contribution in [0, 0.1) is 13.8 Å². The Kier molecular flexibility index (Phi) is 5.60. The molecule has 1 heterocycles. The van der Waals surface area contributed by atoms with Crippen molar-refractivity contribution in [2.75, 3.05) is 11.3 Å². The fourth-order valence-corrected chi connectivity index (χ4v) is 3.15. The summed E-state index contributed by atoms with van der Waals surface area (Å²) in [5.41, 5.74) is 1.73. The maximum absolute atomic E-state index is 12.4. The lowest BCUT2D eigenvalue weighted by Gasteiger charge is -2.12. The number of aromatic nitrogens is 1. The van der Waals surface area contributed by atoms with E-state index in [0.29, 0.717) is 18.2 Å². The van der Waals surface area contributed by atoms with Crippen molar-refractivity contribution in [1.82, 2.24) is 4.98 Å². The van der Waals surface area contributed by atoms with Crippen LogP contribution in [0.15, 0.2) is 41.4 Å². The van der Waals surface area contributed by atoms with Gasteiger partial charge in [0, 0.05) is 6.20 Å². The average molecular weight is 334 g/mol. The summed E-state index contributed by atoms with van der Waals surface area (Å²) >= 11 is 0. The summed E-state index contributed by atoms with van der Waals surface area (Å²) in [7, 11) is -3.66. The van der Waals surface area contributed by atoms with Gasteiger partial charge in [0.05, 0.1) is 11.5 Å². The van der Waals surface area contributed by atoms with E-state index in [-0.39, 0.29) is 4.90 Å². The number of anilines is 1. The molecule has 0 saturated carbocycles. The van der Waals surface area contributed by atoms with Gasteiger partial charge in [-0.05, 0) is 61.7 Å². The number of nitrogens with one attached hydrogen (secondary N) is 1. The summed E-state index contributed by atoms with van der Waals surface area (Å²) < 4.78 is 33.0. The first-order chi connectivity index (χ1) is 10.9. The molecule has 1 aromatic heterocycles. The summed E-state index contributed by atoms with van der Waals surface area (Å²) in [4.78, 5) is 4.22. The molecule has 0 atom stereocenters. The molecule has 0 bridgehead atoms. The van der Waals surface area contributed by atoms with Gasteiger partial charge in [0.25, 0.3) is 10.0 Å². The number of sulfonamides is 1. The third-order valence-corrected chi connectivity index (χ3v) is 4.72. The van der Waals surface area contributed by atoms with Gasteiger partial charge in [-0.25, -0.2) is 13.4 Å². The fourth-order valence-electron chi connectivity index (χ4n) is 2.07. The zero-order chi connectivity index (χ0) is 16.9. The summed E-state index contributed by atoms with van der Waals surface area (Å²) in [5.74, 6) is 1.03. The molecule has 0 spiro atoms. The highest BCUT2D eigenvalue weighted by atomic mass is 32.2. The highest BCUT2D eigenvalue weighted by Crippen LogP contribution is 2.23. The van der Waals surface area contributed by atoms with Crippen LogP contribution < -0.4 is 9.46 Å². The molecule has 1 aromatic carbocycles. The lowest BCUT2D eigenvalue weighted by molar-refractivity contribution is 0.307. The Bertz CT molecular complexity index is 773. The number of hydrogen-bond donors (Lipinski definition) is 1. The van der Waals surface area contributed by atoms with E-state index >= 15 is 0 Å². The number of nitrogens with zero attached hydrogens (tertiary/aromatic N) is 1. The average Bonchev–Trinajstić information content (AvgIpc) is 2.48. The Morgan fingerprint density at radius 2 is 1.96 bits per heavy atom. The van der Waals surface area contributed by atoms with Crippen LogP contribution >= 0.6 is 0 Å². The molecule has 2 rings (SSSR count). The van der Waals surface area contributed by atoms with Crippen LogP contribution in [0.5, 0.6) is 5.75 Å². The largest absolute Gasteiger partial charge is 0.493 e. The van der Waals surface area contributed by atoms with Crippen molar-refractivity contribution in [2.24, 2.45) is 0 Å². The minimum atomic E-state index is -3.66. The quantitative estimate of drug-likeness (QED) is 0.784. The van der Waals surface area contributed by atoms with Gasteiger partial charge in [-0.1, -0.05) is 13.3 Å². The van der Waals surface area contributed by atoms with Crippen molar-refractivity contribution < 1.29 is 13.2 Å². The topological polar surface area (TPSA) is 68.3 Å². The molecule has 23 heavy (non-hydrogen) atoms. The predicted molar refractivity (Wildman–Crippen MR) is 91.4 cm³/mol. The second-order valence-electron chi connectivity index (χ2n) is 5.45. The number of aryl methyl sites for hydroxylation is 2. The van der Waals surface area contributed by atoms with E-state index in [1.54, 1.807) is 30.5 Å². The first-order valence-corrected chi connectivity index (χ1v) is 9.09. The normalized spacial score (nSPS) is 11.3. The van der Waals surface area contributed by atoms with Crippen LogP contribution in [0.25, 0.3) is 0 Å². The zero-order valence-electron chi connectivity index (χ0n) is 13.7. The number of ether oxygens (including phenoxy) is 1. The van der Waals surface area contributed by atoms with Gasteiger partial charge in [0.1, 0.15) is 11.6 Å². The third kappa shape index (κ3) is 4.69. The molecule has 0 aliphatic rings. The molecule has 0 fully saturated rings. The molecular formula is C17H22N2O3S. The van der Waals surface area contributed by atoms with E-state index in [9.17, 15) is 8.42 Å². The van der Waals surface area contributed by atoms with Gasteiger partial charge < -0.3 is 4.74 Å². The van der Waals surface area contributed by atoms with Crippen molar-refractivity contribution in [1.29, 1.82) is 0 Å². The highest BCUT2D eigenvalue weighted by Gasteiger charge is 2.16. The molecule has 1 N–H and O–H groups in total. The van der Waals surface area contributed by atoms with Crippen molar-refractivity contribution in [3.8, 4) is 5.75 Å². The van der Waals surface area contributed by atoms with E-state index in [1.807, 2.05) is 19.9 Å². The summed E-state index contributed by atoms with van der Waals surface area (Å²) in [5, 5.41) is 0. The molecule has 124 valence electrons. The Morgan fingerprint density at radius 3 is 2.61 bits per heavy atom. The van der Waals surface area contributed by atoms with Crippen LogP contribution in [0.4, 0.5) is 5.82 Å². The van der Waals surface area contributed by atoms with E-state index < -0.39 is 10.0 Å². The number of hydrogen-bond acceptors (Lipinski definition) is 4. The molecule has 0 amide bonds. The van der Waals surface area contributed by atoms with Gasteiger partial charge in [-0.2, -0.15) is 0 Å². The first kappa shape index (κ1) is 17.3. The Morgan fingerprint density at radius 1 is 1.17 bits per heavy atom. The second kappa shape index (κ2) is 7.46. The third-order valence-electron chi connectivity index (χ3n) is 3.37. The van der Waals surface area contributed by atoms with Gasteiger partial charge in [0.15, 0.2) is 0 Å². The predicted octanol–water partition coefficient (Wildman–Crippen LogP) is 3.68. The van der Waals surface area contributed by atoms with Crippen LogP contribution in [0.2, 0.25) is 0 Å². The fraction of sp³-hybridized carbons (Fsp3) is 0.353. The summed E-state index contributed by atoms with van der Waals surface area (Å²) in [6, 6.07) is 8.35. The van der Waals surface area contributed by atoms with Gasteiger partial charge in [-0.3, -0.25) is 4.72 Å². The van der Waals surface area contributed by atoms with Crippen molar-refractivity contribution >= 4 is 15.8 Å². The first-order valence-electron chi connectivity index (χ1n) is 7.61. The van der Waals surface area contributed by atoms with Gasteiger partial charge >= 0.3 is 0 Å². The maximum Gasteiger partial charge on any atom is 0.263 e. The molecule has 0 radical (unpaired) electrons. The minimum Gasteiger partial charge on any atom is -0.493 e. The Balaban J connectivity index is 2.18. The number of benzene rings is 1. The smallest absolute Gasteiger partial charge is 0.263 e. The molecule has 5 nitrogen and oxygen atoms in total. The highest BCUT2D eigenvalue weighted by molar-refractivity contribution is 7.92. The maximum atomic E-state index is 12.4. The lowest BCUT2D eigenvalue weighted by Crippen LogP contribution is -2.14. The lowest BCUT2D eigenvalue weighted by atomic mass is 10.2. The van der Waals surface area contributed by atoms with E-state index in [4.69, 9.17) is 4.74 Å². The number of unbranched alkanes of at least 4 members (excludes halogenated alkanes) is 1. The van der Waals surface area contributed by atoms with E-state index in [0.717, 1.165) is 24.0 Å². The number of rotatable bonds is 7. The van der Waals surface area contributed by atoms with Crippen LogP contribution in [0.1, 0.15) is 30.9 Å². The summed E-state index contributed by atoms with van der Waals surface area (Å²) in [6.45, 7) is 6.45. The van der Waals surface area contributed by atoms with Crippen molar-refractivity contribution in [2.45, 2.75) is 38.5 Å². The standard InChI is InChI=1S/C17H22N2O3S/c1-4-5-10-22-16-7-6-15(12-14(16)3)23(20,21)19-17-11-13(2)8-9-18-17/h6-9,11-12H,4-5,10H2,1-3H3,(H,18,19). The van der Waals surface area contributed by atoms with Crippen molar-refractivity contribution in [3.63, 3.8) is 0 Å². The SMILES string of the molecule is CCCCOc1ccc(S(=O)(=O)Nc2cc(C)ccn2)cc1C. The monoisotopic (exact) mass is 334 g/mol. The van der Waals surface area contributed by atoms with E-state index in [2.05, 4.69) is 16.6 Å². The molecule has 0 aliphatic heterocycles. The molecule has 0 saturated heterocycles. The Hall–Kier alpha value is -2.08. The van der Waals surface area contributed by atoms with Crippen LogP contribution in [-0.2, 0) is 10.0 Å². The summed E-state index contributed by atoms with van der Waals surface area (Å²) in [6.07, 6.45) is 3.60. The van der Waals surface area contributed by atoms with Crippen molar-refractivity contribution in [3.05, 3.63) is 47.7 Å². The molecule has 0 unspecified atom stereocenters. The zero-order valence-corrected chi connectivity index (χ0v) is 14.5. The van der Waals surface area contributed by atoms with Crippen LogP contribution in [0.3, 0.4) is 0 Å².